The number of phenols is 1. The molecule has 0 saturated carbocycles. The first-order valence-corrected chi connectivity index (χ1v) is 8.15. The molecule has 1 heterocycles. The van der Waals surface area contributed by atoms with Crippen LogP contribution in [0.25, 0.3) is 0 Å². The number of ether oxygens (including phenoxy) is 3. The molecule has 0 unspecified atom stereocenters. The summed E-state index contributed by atoms with van der Waals surface area (Å²) < 4.78 is 16.0. The van der Waals surface area contributed by atoms with Gasteiger partial charge in [-0.25, -0.2) is 4.79 Å². The Labute approximate surface area is 150 Å². The highest BCUT2D eigenvalue weighted by Gasteiger charge is 2.22. The maximum absolute atomic E-state index is 12.3. The summed E-state index contributed by atoms with van der Waals surface area (Å²) in [7, 11) is 0. The monoisotopic (exact) mass is 357 g/mol. The van der Waals surface area contributed by atoms with Gasteiger partial charge in [0.05, 0.1) is 0 Å². The Morgan fingerprint density at radius 2 is 1.85 bits per heavy atom. The number of benzene rings is 2. The molecule has 0 aromatic heterocycles. The fourth-order valence-electron chi connectivity index (χ4n) is 2.46. The van der Waals surface area contributed by atoms with Crippen LogP contribution < -0.4 is 14.8 Å². The highest BCUT2D eigenvalue weighted by molar-refractivity contribution is 5.98. The van der Waals surface area contributed by atoms with Crippen molar-refractivity contribution in [2.45, 2.75) is 20.0 Å². The topological polar surface area (TPSA) is 94.1 Å². The maximum atomic E-state index is 12.3. The van der Waals surface area contributed by atoms with E-state index in [0.29, 0.717) is 30.4 Å². The number of nitrogens with one attached hydrogen (secondary N) is 1. The summed E-state index contributed by atoms with van der Waals surface area (Å²) in [4.78, 5) is 24.5. The number of hydrogen-bond acceptors (Lipinski definition) is 6. The number of esters is 1. The number of rotatable bonds is 4. The number of hydrogen-bond donors (Lipinski definition) is 2. The second-order valence-electron chi connectivity index (χ2n) is 5.92. The summed E-state index contributed by atoms with van der Waals surface area (Å²) in [5.74, 6) is -0.301. The third-order valence-corrected chi connectivity index (χ3v) is 3.83. The van der Waals surface area contributed by atoms with Crippen LogP contribution in [0.2, 0.25) is 0 Å². The largest absolute Gasteiger partial charge is 0.507 e. The van der Waals surface area contributed by atoms with E-state index in [4.69, 9.17) is 14.2 Å². The van der Waals surface area contributed by atoms with E-state index in [9.17, 15) is 14.7 Å². The zero-order valence-corrected chi connectivity index (χ0v) is 14.4. The van der Waals surface area contributed by atoms with E-state index in [0.717, 1.165) is 5.56 Å². The molecule has 2 aromatic carbocycles. The van der Waals surface area contributed by atoms with Gasteiger partial charge in [-0.3, -0.25) is 4.79 Å². The van der Waals surface area contributed by atoms with E-state index in [-0.39, 0.29) is 11.3 Å². The van der Waals surface area contributed by atoms with Gasteiger partial charge in [-0.15, -0.1) is 0 Å². The average Bonchev–Trinajstić information content (AvgIpc) is 2.63. The number of carbonyl (C=O) groups excluding carboxylic acids is 2. The number of anilines is 1. The van der Waals surface area contributed by atoms with Gasteiger partial charge in [-0.2, -0.15) is 0 Å². The third kappa shape index (κ3) is 3.88. The molecule has 2 N–H and O–H groups in total. The van der Waals surface area contributed by atoms with Gasteiger partial charge in [0.1, 0.15) is 24.5 Å². The van der Waals surface area contributed by atoms with Crippen molar-refractivity contribution in [2.24, 2.45) is 0 Å². The van der Waals surface area contributed by atoms with Gasteiger partial charge in [0.2, 0.25) is 0 Å². The van der Waals surface area contributed by atoms with Crippen molar-refractivity contribution in [3.05, 3.63) is 47.5 Å². The third-order valence-electron chi connectivity index (χ3n) is 3.83. The lowest BCUT2D eigenvalue weighted by Gasteiger charge is -2.19. The van der Waals surface area contributed by atoms with Crippen LogP contribution >= 0.6 is 0 Å². The number of phenolic OH excluding ortho intramolecular Hbond substituents is 1. The average molecular weight is 357 g/mol. The lowest BCUT2D eigenvalue weighted by atomic mass is 10.1. The van der Waals surface area contributed by atoms with Crippen LogP contribution in [0.1, 0.15) is 22.8 Å². The number of aromatic hydroxyl groups is 1. The van der Waals surface area contributed by atoms with Crippen LogP contribution in [0.3, 0.4) is 0 Å². The number of fused-ring (bicyclic) bond motifs is 1. The summed E-state index contributed by atoms with van der Waals surface area (Å²) >= 11 is 0. The zero-order valence-electron chi connectivity index (χ0n) is 14.4. The van der Waals surface area contributed by atoms with Crippen molar-refractivity contribution >= 4 is 17.6 Å². The highest BCUT2D eigenvalue weighted by atomic mass is 16.6. The molecule has 2 aromatic rings. The van der Waals surface area contributed by atoms with Crippen molar-refractivity contribution in [3.63, 3.8) is 0 Å². The van der Waals surface area contributed by atoms with E-state index < -0.39 is 18.0 Å². The molecule has 0 spiro atoms. The molecule has 0 saturated heterocycles. The maximum Gasteiger partial charge on any atom is 0.342 e. The Balaban J connectivity index is 1.64. The zero-order chi connectivity index (χ0) is 18.7. The summed E-state index contributed by atoms with van der Waals surface area (Å²) in [6.07, 6.45) is -1.05. The Kier molecular flexibility index (Phi) is 4.97. The summed E-state index contributed by atoms with van der Waals surface area (Å²) in [6.45, 7) is 4.17. The Hall–Kier alpha value is -3.22. The number of carbonyl (C=O) groups is 2. The molecule has 0 bridgehead atoms. The molecule has 26 heavy (non-hydrogen) atoms. The van der Waals surface area contributed by atoms with E-state index in [1.807, 2.05) is 0 Å². The SMILES string of the molecule is Cc1ccc(O)c(C(=O)O[C@H](C)C(=O)Nc2ccc3c(c2)OCCO3)c1. The molecule has 0 fully saturated rings. The smallest absolute Gasteiger partial charge is 0.342 e. The van der Waals surface area contributed by atoms with E-state index >= 15 is 0 Å². The predicted molar refractivity (Wildman–Crippen MR) is 93.8 cm³/mol. The molecule has 1 amide bonds. The Bertz CT molecular complexity index is 848. The molecule has 0 aliphatic carbocycles. The van der Waals surface area contributed by atoms with Crippen LogP contribution in [-0.4, -0.2) is 36.3 Å². The minimum atomic E-state index is -1.05. The molecule has 3 rings (SSSR count). The van der Waals surface area contributed by atoms with Gasteiger partial charge in [0.25, 0.3) is 5.91 Å². The molecular weight excluding hydrogens is 338 g/mol. The summed E-state index contributed by atoms with van der Waals surface area (Å²) in [6, 6.07) is 9.60. The fraction of sp³-hybridized carbons (Fsp3) is 0.263. The van der Waals surface area contributed by atoms with Crippen molar-refractivity contribution < 1.29 is 28.9 Å². The molecule has 1 aliphatic rings. The first-order valence-electron chi connectivity index (χ1n) is 8.15. The van der Waals surface area contributed by atoms with Crippen LogP contribution in [0.15, 0.2) is 36.4 Å². The highest BCUT2D eigenvalue weighted by Crippen LogP contribution is 2.32. The number of amides is 1. The lowest BCUT2D eigenvalue weighted by molar-refractivity contribution is -0.123. The fourth-order valence-corrected chi connectivity index (χ4v) is 2.46. The molecular formula is C19H19NO6. The lowest BCUT2D eigenvalue weighted by Crippen LogP contribution is -2.30. The second kappa shape index (κ2) is 7.35. The normalized spacial score (nSPS) is 13.6. The van der Waals surface area contributed by atoms with Gasteiger partial charge in [0.15, 0.2) is 17.6 Å². The van der Waals surface area contributed by atoms with Crippen LogP contribution in [-0.2, 0) is 9.53 Å². The van der Waals surface area contributed by atoms with E-state index in [2.05, 4.69) is 5.32 Å². The predicted octanol–water partition coefficient (Wildman–Crippen LogP) is 2.66. The van der Waals surface area contributed by atoms with Gasteiger partial charge >= 0.3 is 5.97 Å². The standard InChI is InChI=1S/C19H19NO6/c1-11-3-5-15(21)14(9-11)19(23)26-12(2)18(22)20-13-4-6-16-17(10-13)25-8-7-24-16/h3-6,9-10,12,21H,7-8H2,1-2H3,(H,20,22)/t12-/m1/s1. The molecule has 7 nitrogen and oxygen atoms in total. The van der Waals surface area contributed by atoms with E-state index in [1.54, 1.807) is 31.2 Å². The van der Waals surface area contributed by atoms with Crippen molar-refractivity contribution in [1.82, 2.24) is 0 Å². The van der Waals surface area contributed by atoms with Crippen LogP contribution in [0.4, 0.5) is 5.69 Å². The van der Waals surface area contributed by atoms with Gasteiger partial charge in [0, 0.05) is 11.8 Å². The first-order chi connectivity index (χ1) is 12.4. The molecule has 136 valence electrons. The second-order valence-corrected chi connectivity index (χ2v) is 5.92. The van der Waals surface area contributed by atoms with Crippen molar-refractivity contribution in [1.29, 1.82) is 0 Å². The van der Waals surface area contributed by atoms with E-state index in [1.165, 1.54) is 19.1 Å². The number of aryl methyl sites for hydroxylation is 1. The van der Waals surface area contributed by atoms with Crippen molar-refractivity contribution in [3.8, 4) is 17.2 Å². The Morgan fingerprint density at radius 3 is 2.62 bits per heavy atom. The van der Waals surface area contributed by atoms with Gasteiger partial charge in [-0.05, 0) is 38.1 Å². The molecule has 1 aliphatic heterocycles. The molecule has 7 heteroatoms. The first kappa shape index (κ1) is 17.6. The minimum Gasteiger partial charge on any atom is -0.507 e. The van der Waals surface area contributed by atoms with Gasteiger partial charge in [-0.1, -0.05) is 11.6 Å². The molecule has 1 atom stereocenters. The van der Waals surface area contributed by atoms with Gasteiger partial charge < -0.3 is 24.6 Å². The Morgan fingerprint density at radius 1 is 1.12 bits per heavy atom. The van der Waals surface area contributed by atoms with Crippen LogP contribution in [0.5, 0.6) is 17.2 Å². The molecule has 0 radical (unpaired) electrons. The van der Waals surface area contributed by atoms with Crippen molar-refractivity contribution in [2.75, 3.05) is 18.5 Å². The van der Waals surface area contributed by atoms with Crippen LogP contribution in [0, 0.1) is 6.92 Å². The quantitative estimate of drug-likeness (QED) is 0.817. The summed E-state index contributed by atoms with van der Waals surface area (Å²) in [5, 5.41) is 12.4. The summed E-state index contributed by atoms with van der Waals surface area (Å²) in [5.41, 5.74) is 1.31. The minimum absolute atomic E-state index is 0.0176.